The van der Waals surface area contributed by atoms with Crippen molar-refractivity contribution in [2.45, 2.75) is 44.8 Å². The van der Waals surface area contributed by atoms with Gasteiger partial charge in [0.1, 0.15) is 5.82 Å². The molecule has 0 spiro atoms. The highest BCUT2D eigenvalue weighted by Crippen LogP contribution is 2.29. The molecule has 1 unspecified atom stereocenters. The summed E-state index contributed by atoms with van der Waals surface area (Å²) in [6, 6.07) is 0. The first-order valence-corrected chi connectivity index (χ1v) is 8.27. The fourth-order valence-electron chi connectivity index (χ4n) is 1.89. The van der Waals surface area contributed by atoms with Gasteiger partial charge in [-0.05, 0) is 13.8 Å². The highest BCUT2D eigenvalue weighted by atomic mass is 32.2. The Bertz CT molecular complexity index is 462. The zero-order valence-electron chi connectivity index (χ0n) is 11.7. The molecule has 0 bridgehead atoms. The van der Waals surface area contributed by atoms with Crippen molar-refractivity contribution in [3.8, 4) is 0 Å². The van der Waals surface area contributed by atoms with E-state index in [2.05, 4.69) is 48.9 Å². The second kappa shape index (κ2) is 4.56. The van der Waals surface area contributed by atoms with Crippen molar-refractivity contribution >= 4 is 27.5 Å². The lowest BCUT2D eigenvalue weighted by molar-refractivity contribution is 0.551. The molecule has 2 rings (SSSR count). The maximum Gasteiger partial charge on any atom is 0.205 e. The van der Waals surface area contributed by atoms with Gasteiger partial charge in [-0.1, -0.05) is 20.8 Å². The second-order valence-electron chi connectivity index (χ2n) is 6.38. The first-order valence-electron chi connectivity index (χ1n) is 6.18. The quantitative estimate of drug-likeness (QED) is 0.794. The Hall–Kier alpha value is -0.490. The highest BCUT2D eigenvalue weighted by Gasteiger charge is 2.34. The zero-order chi connectivity index (χ0) is 13.6. The minimum absolute atomic E-state index is 0.0110. The maximum atomic E-state index is 11.9. The first kappa shape index (κ1) is 13.9. The van der Waals surface area contributed by atoms with Crippen LogP contribution in [0.5, 0.6) is 0 Å². The molecule has 0 saturated carbocycles. The van der Waals surface area contributed by atoms with E-state index in [9.17, 15) is 4.21 Å². The molecule has 2 heterocycles. The first-order chi connectivity index (χ1) is 8.20. The van der Waals surface area contributed by atoms with Crippen LogP contribution in [0.3, 0.4) is 0 Å². The van der Waals surface area contributed by atoms with Gasteiger partial charge < -0.3 is 4.90 Å². The smallest absolute Gasteiger partial charge is 0.205 e. The molecule has 0 N–H and O–H groups in total. The molecule has 1 saturated heterocycles. The Kier molecular flexibility index (Phi) is 3.53. The molecule has 1 aliphatic heterocycles. The fourth-order valence-corrected chi connectivity index (χ4v) is 4.01. The minimum Gasteiger partial charge on any atom is -0.344 e. The third-order valence-corrected chi connectivity index (χ3v) is 5.78. The number of hydrogen-bond donors (Lipinski definition) is 0. The lowest BCUT2D eigenvalue weighted by Gasteiger charge is -2.36. The van der Waals surface area contributed by atoms with Crippen LogP contribution < -0.4 is 4.90 Å². The lowest BCUT2D eigenvalue weighted by Crippen LogP contribution is -2.50. The van der Waals surface area contributed by atoms with Crippen molar-refractivity contribution in [2.24, 2.45) is 0 Å². The molecule has 0 aromatic carbocycles. The number of hydrogen-bond acceptors (Lipinski definition) is 5. The predicted molar refractivity (Wildman–Crippen MR) is 77.9 cm³/mol. The van der Waals surface area contributed by atoms with Crippen LogP contribution in [0.25, 0.3) is 0 Å². The van der Waals surface area contributed by atoms with Crippen LogP contribution in [0.2, 0.25) is 0 Å². The van der Waals surface area contributed by atoms with Gasteiger partial charge in [0.2, 0.25) is 5.13 Å². The molecule has 1 aromatic heterocycles. The van der Waals surface area contributed by atoms with Gasteiger partial charge in [-0.2, -0.15) is 4.37 Å². The van der Waals surface area contributed by atoms with E-state index < -0.39 is 10.8 Å². The Morgan fingerprint density at radius 1 is 1.39 bits per heavy atom. The van der Waals surface area contributed by atoms with Gasteiger partial charge in [0, 0.05) is 46.6 Å². The second-order valence-corrected chi connectivity index (χ2v) is 9.32. The van der Waals surface area contributed by atoms with E-state index in [-0.39, 0.29) is 10.2 Å². The molecule has 1 fully saturated rings. The van der Waals surface area contributed by atoms with Crippen molar-refractivity contribution < 1.29 is 4.21 Å². The van der Waals surface area contributed by atoms with E-state index in [1.54, 1.807) is 0 Å². The van der Waals surface area contributed by atoms with Gasteiger partial charge in [-0.15, -0.1) is 0 Å². The third kappa shape index (κ3) is 2.74. The summed E-state index contributed by atoms with van der Waals surface area (Å²) in [5.74, 6) is 1.62. The number of aromatic nitrogens is 2. The van der Waals surface area contributed by atoms with Crippen LogP contribution in [0, 0.1) is 0 Å². The summed E-state index contributed by atoms with van der Waals surface area (Å²) < 4.78 is 16.2. The molecule has 102 valence electrons. The summed E-state index contributed by atoms with van der Waals surface area (Å²) in [5, 5.41) is 0.963. The van der Waals surface area contributed by atoms with Gasteiger partial charge in [0.25, 0.3) is 0 Å². The van der Waals surface area contributed by atoms with E-state index in [0.29, 0.717) is 0 Å². The lowest BCUT2D eigenvalue weighted by atomic mass is 9.96. The Morgan fingerprint density at radius 2 is 2.06 bits per heavy atom. The Labute approximate surface area is 115 Å². The fraction of sp³-hybridized carbons (Fsp3) is 0.833. The van der Waals surface area contributed by atoms with E-state index >= 15 is 0 Å². The van der Waals surface area contributed by atoms with Crippen LogP contribution in [0.15, 0.2) is 0 Å². The molecule has 0 aliphatic carbocycles. The van der Waals surface area contributed by atoms with Crippen LogP contribution in [0.1, 0.15) is 40.4 Å². The monoisotopic (exact) mass is 287 g/mol. The standard InChI is InChI=1S/C12H21N3OS2/c1-11(2,3)9-13-10(17-14-9)15-6-7-18(16)12(4,5)8-15/h6-8H2,1-5H3. The van der Waals surface area contributed by atoms with E-state index in [1.807, 2.05) is 0 Å². The van der Waals surface area contributed by atoms with Crippen molar-refractivity contribution in [3.05, 3.63) is 5.82 Å². The number of anilines is 1. The number of nitrogens with zero attached hydrogens (tertiary/aromatic N) is 3. The zero-order valence-corrected chi connectivity index (χ0v) is 13.3. The summed E-state index contributed by atoms with van der Waals surface area (Å²) in [5.41, 5.74) is -0.0110. The summed E-state index contributed by atoms with van der Waals surface area (Å²) in [7, 11) is -0.741. The maximum absolute atomic E-state index is 11.9. The summed E-state index contributed by atoms with van der Waals surface area (Å²) in [6.07, 6.45) is 0. The molecule has 4 nitrogen and oxygen atoms in total. The molecular formula is C12H21N3OS2. The van der Waals surface area contributed by atoms with E-state index in [4.69, 9.17) is 0 Å². The normalized spacial score (nSPS) is 24.3. The van der Waals surface area contributed by atoms with Gasteiger partial charge in [-0.3, -0.25) is 4.21 Å². The largest absolute Gasteiger partial charge is 0.344 e. The average Bonchev–Trinajstić information content (AvgIpc) is 2.70. The van der Waals surface area contributed by atoms with Crippen molar-refractivity contribution in [2.75, 3.05) is 23.7 Å². The molecule has 1 atom stereocenters. The van der Waals surface area contributed by atoms with Crippen molar-refractivity contribution in [1.82, 2.24) is 9.36 Å². The van der Waals surface area contributed by atoms with Gasteiger partial charge in [0.05, 0.1) is 4.75 Å². The minimum atomic E-state index is -0.741. The third-order valence-electron chi connectivity index (χ3n) is 3.09. The number of rotatable bonds is 1. The average molecular weight is 287 g/mol. The molecule has 6 heteroatoms. The van der Waals surface area contributed by atoms with Crippen LogP contribution in [-0.4, -0.2) is 37.2 Å². The summed E-state index contributed by atoms with van der Waals surface area (Å²) >= 11 is 1.45. The van der Waals surface area contributed by atoms with E-state index in [0.717, 1.165) is 29.8 Å². The van der Waals surface area contributed by atoms with Crippen LogP contribution in [-0.2, 0) is 16.2 Å². The molecule has 1 aromatic rings. The Morgan fingerprint density at radius 3 is 2.56 bits per heavy atom. The van der Waals surface area contributed by atoms with Crippen LogP contribution >= 0.6 is 11.5 Å². The summed E-state index contributed by atoms with van der Waals surface area (Å²) in [4.78, 5) is 6.85. The van der Waals surface area contributed by atoms with Crippen molar-refractivity contribution in [1.29, 1.82) is 0 Å². The topological polar surface area (TPSA) is 46.1 Å². The highest BCUT2D eigenvalue weighted by molar-refractivity contribution is 7.86. The van der Waals surface area contributed by atoms with Gasteiger partial charge in [0.15, 0.2) is 0 Å². The van der Waals surface area contributed by atoms with Crippen LogP contribution in [0.4, 0.5) is 5.13 Å². The molecule has 18 heavy (non-hydrogen) atoms. The molecule has 0 amide bonds. The van der Waals surface area contributed by atoms with Crippen molar-refractivity contribution in [3.63, 3.8) is 0 Å². The Balaban J connectivity index is 2.18. The summed E-state index contributed by atoms with van der Waals surface area (Å²) in [6.45, 7) is 12.1. The van der Waals surface area contributed by atoms with Gasteiger partial charge >= 0.3 is 0 Å². The molecular weight excluding hydrogens is 266 g/mol. The predicted octanol–water partition coefficient (Wildman–Crippen LogP) is 2.18. The van der Waals surface area contributed by atoms with Gasteiger partial charge in [-0.25, -0.2) is 4.98 Å². The SMILES string of the molecule is CC(C)(C)c1nsc(N2CCS(=O)C(C)(C)C2)n1. The molecule has 0 radical (unpaired) electrons. The van der Waals surface area contributed by atoms with E-state index in [1.165, 1.54) is 11.5 Å². The molecule has 1 aliphatic rings.